The molecular formula is C20H34O. The quantitative estimate of drug-likeness (QED) is 0.317. The molecule has 0 aliphatic heterocycles. The molecule has 21 heavy (non-hydrogen) atoms. The van der Waals surface area contributed by atoms with Gasteiger partial charge in [-0.2, -0.15) is 0 Å². The topological polar surface area (TPSA) is 9.23 Å². The van der Waals surface area contributed by atoms with E-state index in [1.807, 2.05) is 0 Å². The highest BCUT2D eigenvalue weighted by Gasteiger charge is 2.21. The first kappa shape index (κ1) is 18.2. The lowest BCUT2D eigenvalue weighted by Gasteiger charge is -2.02. The van der Waals surface area contributed by atoms with Crippen molar-refractivity contribution in [2.45, 2.75) is 85.2 Å². The highest BCUT2D eigenvalue weighted by atomic mass is 16.5. The number of allylic oxidation sites excluding steroid dienone is 6. The van der Waals surface area contributed by atoms with Gasteiger partial charge in [-0.05, 0) is 79.1 Å². The van der Waals surface area contributed by atoms with Crippen molar-refractivity contribution in [2.75, 3.05) is 6.61 Å². The van der Waals surface area contributed by atoms with E-state index in [2.05, 4.69) is 45.9 Å². The minimum atomic E-state index is 0.606. The summed E-state index contributed by atoms with van der Waals surface area (Å²) in [7, 11) is 0. The monoisotopic (exact) mass is 290 g/mol. The third-order valence-corrected chi connectivity index (χ3v) is 3.84. The van der Waals surface area contributed by atoms with Gasteiger partial charge in [0.2, 0.25) is 0 Å². The molecule has 1 saturated carbocycles. The third kappa shape index (κ3) is 11.5. The van der Waals surface area contributed by atoms with E-state index in [9.17, 15) is 0 Å². The largest absolute Gasteiger partial charge is 0.378 e. The molecule has 0 atom stereocenters. The number of hydrogen-bond donors (Lipinski definition) is 0. The second-order valence-electron chi connectivity index (χ2n) is 6.67. The Hall–Kier alpha value is -0.820. The van der Waals surface area contributed by atoms with Crippen LogP contribution in [0.25, 0.3) is 0 Å². The first-order valence-electron chi connectivity index (χ1n) is 8.64. The molecule has 120 valence electrons. The lowest BCUT2D eigenvalue weighted by atomic mass is 10.1. The van der Waals surface area contributed by atoms with Gasteiger partial charge in [0.25, 0.3) is 0 Å². The van der Waals surface area contributed by atoms with E-state index in [0.717, 1.165) is 6.61 Å². The molecule has 1 aliphatic rings. The van der Waals surface area contributed by atoms with Crippen LogP contribution in [0, 0.1) is 0 Å². The summed E-state index contributed by atoms with van der Waals surface area (Å²) >= 11 is 0. The van der Waals surface area contributed by atoms with Crippen LogP contribution in [0.1, 0.15) is 79.1 Å². The Bertz CT molecular complexity index is 365. The van der Waals surface area contributed by atoms with Crippen molar-refractivity contribution in [2.24, 2.45) is 0 Å². The summed E-state index contributed by atoms with van der Waals surface area (Å²) in [5.41, 5.74) is 4.47. The predicted molar refractivity (Wildman–Crippen MR) is 93.6 cm³/mol. The van der Waals surface area contributed by atoms with Gasteiger partial charge in [0, 0.05) is 6.61 Å². The first-order chi connectivity index (χ1) is 10.1. The van der Waals surface area contributed by atoms with Crippen molar-refractivity contribution >= 4 is 0 Å². The maximum atomic E-state index is 5.66. The Balaban J connectivity index is 2.04. The normalized spacial score (nSPS) is 16.2. The molecule has 0 saturated heterocycles. The van der Waals surface area contributed by atoms with Crippen molar-refractivity contribution in [3.63, 3.8) is 0 Å². The van der Waals surface area contributed by atoms with Crippen LogP contribution in [0.2, 0.25) is 0 Å². The van der Waals surface area contributed by atoms with E-state index >= 15 is 0 Å². The van der Waals surface area contributed by atoms with Crippen molar-refractivity contribution in [1.82, 2.24) is 0 Å². The molecule has 1 aliphatic carbocycles. The van der Waals surface area contributed by atoms with Gasteiger partial charge >= 0.3 is 0 Å². The fraction of sp³-hybridized carbons (Fsp3) is 0.700. The van der Waals surface area contributed by atoms with Gasteiger partial charge in [-0.1, -0.05) is 34.9 Å². The highest BCUT2D eigenvalue weighted by Crippen LogP contribution is 2.23. The Labute approximate surface area is 132 Å². The van der Waals surface area contributed by atoms with Gasteiger partial charge in [0.05, 0.1) is 6.10 Å². The molecule has 1 fully saturated rings. The summed E-state index contributed by atoms with van der Waals surface area (Å²) in [5, 5.41) is 0. The van der Waals surface area contributed by atoms with Gasteiger partial charge < -0.3 is 4.74 Å². The lowest BCUT2D eigenvalue weighted by molar-refractivity contribution is 0.118. The molecule has 0 amide bonds. The number of ether oxygens (including phenoxy) is 1. The molecule has 1 rings (SSSR count). The van der Waals surface area contributed by atoms with Crippen LogP contribution in [-0.2, 0) is 4.74 Å². The van der Waals surface area contributed by atoms with Gasteiger partial charge in [-0.3, -0.25) is 0 Å². The fourth-order valence-corrected chi connectivity index (χ4v) is 2.26. The van der Waals surface area contributed by atoms with Crippen LogP contribution in [0.5, 0.6) is 0 Å². The molecule has 0 radical (unpaired) electrons. The minimum absolute atomic E-state index is 0.606. The second kappa shape index (κ2) is 10.8. The third-order valence-electron chi connectivity index (χ3n) is 3.84. The second-order valence-corrected chi connectivity index (χ2v) is 6.67. The molecular weight excluding hydrogens is 256 g/mol. The van der Waals surface area contributed by atoms with Crippen LogP contribution in [0.4, 0.5) is 0 Å². The van der Waals surface area contributed by atoms with E-state index in [4.69, 9.17) is 4.74 Å². The molecule has 0 heterocycles. The SMILES string of the molecule is CC(C)=CCCC(C)=CCCC(C)=CCCCOC1CC1. The van der Waals surface area contributed by atoms with Crippen molar-refractivity contribution in [3.05, 3.63) is 34.9 Å². The zero-order valence-corrected chi connectivity index (χ0v) is 14.6. The molecule has 0 unspecified atom stereocenters. The van der Waals surface area contributed by atoms with Gasteiger partial charge in [-0.25, -0.2) is 0 Å². The number of hydrogen-bond acceptors (Lipinski definition) is 1. The van der Waals surface area contributed by atoms with Crippen LogP contribution in [0.3, 0.4) is 0 Å². The highest BCUT2D eigenvalue weighted by molar-refractivity contribution is 5.05. The van der Waals surface area contributed by atoms with Crippen LogP contribution in [0.15, 0.2) is 34.9 Å². The molecule has 0 bridgehead atoms. The molecule has 0 N–H and O–H groups in total. The maximum Gasteiger partial charge on any atom is 0.0577 e. The minimum Gasteiger partial charge on any atom is -0.378 e. The van der Waals surface area contributed by atoms with Gasteiger partial charge in [0.15, 0.2) is 0 Å². The molecule has 0 aromatic heterocycles. The van der Waals surface area contributed by atoms with Crippen LogP contribution >= 0.6 is 0 Å². The summed E-state index contributed by atoms with van der Waals surface area (Å²) in [6, 6.07) is 0. The number of unbranched alkanes of at least 4 members (excludes halogenated alkanes) is 1. The standard InChI is InChI=1S/C20H34O/c1-17(2)9-7-11-19(4)13-8-12-18(3)10-5-6-16-21-20-14-15-20/h9-10,13,20H,5-8,11-12,14-16H2,1-4H3. The Morgan fingerprint density at radius 3 is 2.00 bits per heavy atom. The predicted octanol–water partition coefficient (Wildman–Crippen LogP) is 6.36. The van der Waals surface area contributed by atoms with E-state index in [1.165, 1.54) is 68.1 Å². The van der Waals surface area contributed by atoms with Crippen LogP contribution < -0.4 is 0 Å². The molecule has 1 nitrogen and oxygen atoms in total. The lowest BCUT2D eigenvalue weighted by Crippen LogP contribution is -1.95. The molecule has 0 aromatic rings. The van der Waals surface area contributed by atoms with Crippen molar-refractivity contribution < 1.29 is 4.74 Å². The summed E-state index contributed by atoms with van der Waals surface area (Å²) in [5.74, 6) is 0. The average Bonchev–Trinajstić information content (AvgIpc) is 3.22. The summed E-state index contributed by atoms with van der Waals surface area (Å²) in [4.78, 5) is 0. The Morgan fingerprint density at radius 1 is 0.857 bits per heavy atom. The Kier molecular flexibility index (Phi) is 9.41. The zero-order chi connectivity index (χ0) is 15.5. The molecule has 0 spiro atoms. The summed E-state index contributed by atoms with van der Waals surface area (Å²) < 4.78 is 5.66. The number of rotatable bonds is 11. The van der Waals surface area contributed by atoms with Crippen molar-refractivity contribution in [3.8, 4) is 0 Å². The van der Waals surface area contributed by atoms with Crippen LogP contribution in [-0.4, -0.2) is 12.7 Å². The van der Waals surface area contributed by atoms with Crippen molar-refractivity contribution in [1.29, 1.82) is 0 Å². The fourth-order valence-electron chi connectivity index (χ4n) is 2.26. The zero-order valence-electron chi connectivity index (χ0n) is 14.6. The van der Waals surface area contributed by atoms with E-state index < -0.39 is 0 Å². The maximum absolute atomic E-state index is 5.66. The smallest absolute Gasteiger partial charge is 0.0577 e. The van der Waals surface area contributed by atoms with E-state index in [-0.39, 0.29) is 0 Å². The van der Waals surface area contributed by atoms with E-state index in [0.29, 0.717) is 6.10 Å². The van der Waals surface area contributed by atoms with Gasteiger partial charge in [-0.15, -0.1) is 0 Å². The summed E-state index contributed by atoms with van der Waals surface area (Å²) in [6.45, 7) is 9.80. The molecule has 1 heteroatoms. The van der Waals surface area contributed by atoms with E-state index in [1.54, 1.807) is 0 Å². The average molecular weight is 290 g/mol. The van der Waals surface area contributed by atoms with Gasteiger partial charge in [0.1, 0.15) is 0 Å². The summed E-state index contributed by atoms with van der Waals surface area (Å²) in [6.07, 6.45) is 17.4. The Morgan fingerprint density at radius 2 is 1.43 bits per heavy atom. The first-order valence-corrected chi connectivity index (χ1v) is 8.64. The molecule has 0 aromatic carbocycles.